The van der Waals surface area contributed by atoms with Gasteiger partial charge in [-0.15, -0.1) is 11.3 Å². The molecule has 0 spiro atoms. The van der Waals surface area contributed by atoms with Crippen molar-refractivity contribution in [1.29, 1.82) is 0 Å². The summed E-state index contributed by atoms with van der Waals surface area (Å²) in [6.45, 7) is 15.0. The summed E-state index contributed by atoms with van der Waals surface area (Å²) in [6, 6.07) is 2.82. The molecule has 0 amide bonds. The molecule has 0 aliphatic heterocycles. The van der Waals surface area contributed by atoms with E-state index in [0.29, 0.717) is 23.8 Å². The molecule has 1 N–H and O–H groups in total. The van der Waals surface area contributed by atoms with Gasteiger partial charge in [0.05, 0.1) is 0 Å². The minimum Gasteiger partial charge on any atom is -0.310 e. The second-order valence-electron chi connectivity index (χ2n) is 5.93. The Morgan fingerprint density at radius 1 is 1.17 bits per heavy atom. The maximum absolute atomic E-state index is 3.78. The van der Waals surface area contributed by atoms with E-state index in [-0.39, 0.29) is 0 Å². The monoisotopic (exact) mass is 267 g/mol. The lowest BCUT2D eigenvalue weighted by molar-refractivity contribution is 0.210. The largest absolute Gasteiger partial charge is 0.310 e. The maximum atomic E-state index is 3.78. The molecule has 1 nitrogen and oxygen atoms in total. The summed E-state index contributed by atoms with van der Waals surface area (Å²) >= 11 is 1.87. The van der Waals surface area contributed by atoms with Gasteiger partial charge < -0.3 is 5.32 Å². The average molecular weight is 267 g/mol. The lowest BCUT2D eigenvalue weighted by Gasteiger charge is -2.34. The molecular formula is C16H29NS. The first-order valence-corrected chi connectivity index (χ1v) is 8.14. The van der Waals surface area contributed by atoms with Crippen molar-refractivity contribution >= 4 is 11.3 Å². The second kappa shape index (κ2) is 7.30. The maximum Gasteiger partial charge on any atom is 0.0364 e. The highest BCUT2D eigenvalue weighted by Gasteiger charge is 2.29. The molecule has 0 fully saturated rings. The van der Waals surface area contributed by atoms with Gasteiger partial charge in [0.2, 0.25) is 0 Å². The quantitative estimate of drug-likeness (QED) is 0.731. The van der Waals surface area contributed by atoms with E-state index in [9.17, 15) is 0 Å². The summed E-state index contributed by atoms with van der Waals surface area (Å²) in [4.78, 5) is 1.47. The summed E-state index contributed by atoms with van der Waals surface area (Å²) in [5.41, 5.74) is 1.51. The van der Waals surface area contributed by atoms with E-state index in [1.165, 1.54) is 16.9 Å². The third kappa shape index (κ3) is 3.83. The highest BCUT2D eigenvalue weighted by Crippen LogP contribution is 2.36. The smallest absolute Gasteiger partial charge is 0.0364 e. The molecule has 0 radical (unpaired) electrons. The van der Waals surface area contributed by atoms with Gasteiger partial charge in [-0.3, -0.25) is 0 Å². The Hall–Kier alpha value is -0.340. The minimum absolute atomic E-state index is 0.510. The van der Waals surface area contributed by atoms with E-state index in [2.05, 4.69) is 58.3 Å². The Morgan fingerprint density at radius 3 is 2.17 bits per heavy atom. The van der Waals surface area contributed by atoms with E-state index in [1.807, 2.05) is 11.3 Å². The molecule has 0 bridgehead atoms. The first kappa shape index (κ1) is 15.7. The average Bonchev–Trinajstić information content (AvgIpc) is 2.69. The summed E-state index contributed by atoms with van der Waals surface area (Å²) in [5.74, 6) is 2.11. The van der Waals surface area contributed by atoms with Gasteiger partial charge in [-0.1, -0.05) is 34.6 Å². The zero-order valence-electron chi connectivity index (χ0n) is 12.8. The molecule has 0 aromatic carbocycles. The van der Waals surface area contributed by atoms with Gasteiger partial charge in [-0.25, -0.2) is 0 Å². The van der Waals surface area contributed by atoms with Crippen LogP contribution in [0.1, 0.15) is 57.5 Å². The SMILES string of the molecule is CCCNC(c1ccsc1C)C(C(C)C)C(C)C. The van der Waals surface area contributed by atoms with Crippen LogP contribution in [0.25, 0.3) is 0 Å². The van der Waals surface area contributed by atoms with Crippen LogP contribution < -0.4 is 5.32 Å². The van der Waals surface area contributed by atoms with Crippen LogP contribution in [0, 0.1) is 24.7 Å². The van der Waals surface area contributed by atoms with Crippen molar-refractivity contribution in [1.82, 2.24) is 5.32 Å². The van der Waals surface area contributed by atoms with Gasteiger partial charge in [0.25, 0.3) is 0 Å². The molecular weight excluding hydrogens is 238 g/mol. The molecule has 0 aliphatic carbocycles. The molecule has 0 aliphatic rings. The third-order valence-electron chi connectivity index (χ3n) is 3.77. The fourth-order valence-corrected chi connectivity index (χ4v) is 3.76. The predicted octanol–water partition coefficient (Wildman–Crippen LogP) is 5.03. The molecule has 1 aromatic heterocycles. The normalized spacial score (nSPS) is 13.8. The van der Waals surface area contributed by atoms with Crippen molar-refractivity contribution in [2.75, 3.05) is 6.54 Å². The molecule has 0 saturated heterocycles. The van der Waals surface area contributed by atoms with E-state index < -0.39 is 0 Å². The molecule has 1 heterocycles. The predicted molar refractivity (Wildman–Crippen MR) is 83.3 cm³/mol. The second-order valence-corrected chi connectivity index (χ2v) is 7.05. The van der Waals surface area contributed by atoms with Crippen LogP contribution in [0.3, 0.4) is 0 Å². The lowest BCUT2D eigenvalue weighted by atomic mass is 9.77. The first-order chi connectivity index (χ1) is 8.49. The molecule has 1 unspecified atom stereocenters. The molecule has 1 rings (SSSR count). The van der Waals surface area contributed by atoms with Crippen LogP contribution in [-0.2, 0) is 0 Å². The number of aryl methyl sites for hydroxylation is 1. The van der Waals surface area contributed by atoms with E-state index in [1.54, 1.807) is 0 Å². The number of hydrogen-bond donors (Lipinski definition) is 1. The van der Waals surface area contributed by atoms with E-state index >= 15 is 0 Å². The Bertz CT molecular complexity index is 333. The molecule has 18 heavy (non-hydrogen) atoms. The Kier molecular flexibility index (Phi) is 6.37. The molecule has 1 atom stereocenters. The number of rotatable bonds is 7. The third-order valence-corrected chi connectivity index (χ3v) is 4.63. The van der Waals surface area contributed by atoms with Crippen LogP contribution in [0.2, 0.25) is 0 Å². The van der Waals surface area contributed by atoms with Crippen LogP contribution >= 0.6 is 11.3 Å². The topological polar surface area (TPSA) is 12.0 Å². The Labute approximate surface area is 117 Å². The van der Waals surface area contributed by atoms with Gasteiger partial charge in [0, 0.05) is 10.9 Å². The highest BCUT2D eigenvalue weighted by atomic mass is 32.1. The summed E-state index contributed by atoms with van der Waals surface area (Å²) in [7, 11) is 0. The van der Waals surface area contributed by atoms with Crippen molar-refractivity contribution in [3.63, 3.8) is 0 Å². The van der Waals surface area contributed by atoms with Crippen molar-refractivity contribution in [3.05, 3.63) is 21.9 Å². The molecule has 2 heteroatoms. The van der Waals surface area contributed by atoms with Crippen LogP contribution in [0.15, 0.2) is 11.4 Å². The zero-order chi connectivity index (χ0) is 13.7. The van der Waals surface area contributed by atoms with Gasteiger partial charge in [0.15, 0.2) is 0 Å². The molecule has 0 saturated carbocycles. The van der Waals surface area contributed by atoms with Crippen LogP contribution in [0.5, 0.6) is 0 Å². The molecule has 1 aromatic rings. The van der Waals surface area contributed by atoms with Crippen molar-refractivity contribution < 1.29 is 0 Å². The van der Waals surface area contributed by atoms with Gasteiger partial charge in [-0.2, -0.15) is 0 Å². The van der Waals surface area contributed by atoms with Gasteiger partial charge in [0.1, 0.15) is 0 Å². The number of hydrogen-bond acceptors (Lipinski definition) is 2. The lowest BCUT2D eigenvalue weighted by Crippen LogP contribution is -2.34. The Balaban J connectivity index is 2.99. The van der Waals surface area contributed by atoms with Crippen LogP contribution in [-0.4, -0.2) is 6.54 Å². The molecule has 104 valence electrons. The van der Waals surface area contributed by atoms with Crippen LogP contribution in [0.4, 0.5) is 0 Å². The number of nitrogens with one attached hydrogen (secondary N) is 1. The standard InChI is InChI=1S/C16H29NS/c1-7-9-17-16(14-8-10-18-13(14)6)15(11(2)3)12(4)5/h8,10-12,15-17H,7,9H2,1-6H3. The minimum atomic E-state index is 0.510. The fourth-order valence-electron chi connectivity index (χ4n) is 3.01. The van der Waals surface area contributed by atoms with E-state index in [0.717, 1.165) is 6.54 Å². The number of thiophene rings is 1. The summed E-state index contributed by atoms with van der Waals surface area (Å²) < 4.78 is 0. The highest BCUT2D eigenvalue weighted by molar-refractivity contribution is 7.10. The zero-order valence-corrected chi connectivity index (χ0v) is 13.6. The fraction of sp³-hybridized carbons (Fsp3) is 0.750. The summed E-state index contributed by atoms with van der Waals surface area (Å²) in [5, 5.41) is 6.01. The first-order valence-electron chi connectivity index (χ1n) is 7.26. The van der Waals surface area contributed by atoms with Gasteiger partial charge >= 0.3 is 0 Å². The van der Waals surface area contributed by atoms with Crippen molar-refractivity contribution in [2.45, 2.75) is 54.0 Å². The Morgan fingerprint density at radius 2 is 1.78 bits per heavy atom. The van der Waals surface area contributed by atoms with E-state index in [4.69, 9.17) is 0 Å². The van der Waals surface area contributed by atoms with Crippen molar-refractivity contribution in [3.8, 4) is 0 Å². The van der Waals surface area contributed by atoms with Gasteiger partial charge in [-0.05, 0) is 54.7 Å². The summed E-state index contributed by atoms with van der Waals surface area (Å²) in [6.07, 6.45) is 1.20. The van der Waals surface area contributed by atoms with Crippen molar-refractivity contribution in [2.24, 2.45) is 17.8 Å².